The molecule has 0 saturated heterocycles. The summed E-state index contributed by atoms with van der Waals surface area (Å²) in [5.41, 5.74) is 18.3. The van der Waals surface area contributed by atoms with E-state index in [1.807, 2.05) is 0 Å². The van der Waals surface area contributed by atoms with Crippen molar-refractivity contribution in [3.8, 4) is 22.5 Å². The Kier molecular flexibility index (Phi) is 8.84. The molecule has 11 aromatic carbocycles. The van der Waals surface area contributed by atoms with Crippen LogP contribution in [0, 0.1) is 0 Å². The van der Waals surface area contributed by atoms with Crippen molar-refractivity contribution >= 4 is 72.4 Å². The van der Waals surface area contributed by atoms with Crippen LogP contribution in [0.5, 0.6) is 0 Å². The van der Waals surface area contributed by atoms with Crippen molar-refractivity contribution in [2.24, 2.45) is 0 Å². The van der Waals surface area contributed by atoms with Gasteiger partial charge < -0.3 is 9.13 Å². The first-order valence-corrected chi connectivity index (χ1v) is 26.9. The van der Waals surface area contributed by atoms with E-state index < -0.39 is 8.07 Å². The molecule has 2 bridgehead atoms. The van der Waals surface area contributed by atoms with E-state index in [-0.39, 0.29) is 11.8 Å². The molecular weight excluding hydrogens is 873 g/mol. The molecule has 332 valence electrons. The zero-order valence-electron chi connectivity index (χ0n) is 39.0. The van der Waals surface area contributed by atoms with Crippen LogP contribution in [0.2, 0.25) is 0 Å². The molecule has 0 N–H and O–H groups in total. The molecule has 0 aliphatic heterocycles. The molecule has 0 spiro atoms. The summed E-state index contributed by atoms with van der Waals surface area (Å²) >= 11 is 0. The SMILES string of the molecule is c1ccc([Si](c2ccccc2)(c2ccccc2)c2cccc3c2C2c4ccccc4C3c3cccc(-c4ccccc4-n4c5ccccc5c5cc(-n6c7ccccc7c7ccccc76)ccc54)c32)cc1. The molecule has 3 aliphatic carbocycles. The number of fused-ring (bicyclic) bond motifs is 6. The molecule has 13 aromatic rings. The molecule has 0 saturated carbocycles. The standard InChI is InChI=1S/C68H46N2Si/c1-4-22-46(23-5-1)71(47-24-6-2-7-25-47,48-26-8-3-9-27-48)64-41-21-36-57-65-54-32-10-11-33-55(54)68(67(57)64)66-53(34-20-35-56(65)66)51-30-14-18-39-61(51)70-62-40-19-15-31-52(62)58-44-45(42-43-63(58)70)69-59-37-16-12-28-49(59)50-29-13-17-38-60(50)69/h1-44,65,68H. The van der Waals surface area contributed by atoms with Crippen molar-refractivity contribution in [1.82, 2.24) is 9.13 Å². The molecule has 71 heavy (non-hydrogen) atoms. The summed E-state index contributed by atoms with van der Waals surface area (Å²) in [5, 5.41) is 10.7. The highest BCUT2D eigenvalue weighted by molar-refractivity contribution is 7.20. The summed E-state index contributed by atoms with van der Waals surface area (Å²) in [6.07, 6.45) is 0. The van der Waals surface area contributed by atoms with E-state index in [1.54, 1.807) is 0 Å². The highest BCUT2D eigenvalue weighted by atomic mass is 28.3. The summed E-state index contributed by atoms with van der Waals surface area (Å²) in [6.45, 7) is 0. The van der Waals surface area contributed by atoms with Crippen LogP contribution in [0.25, 0.3) is 66.1 Å². The van der Waals surface area contributed by atoms with Crippen LogP contribution in [0.4, 0.5) is 0 Å². The average molecular weight is 919 g/mol. The maximum absolute atomic E-state index is 2.93. The first-order chi connectivity index (χ1) is 35.3. The Labute approximate surface area is 414 Å². The van der Waals surface area contributed by atoms with Crippen molar-refractivity contribution in [3.63, 3.8) is 0 Å². The molecule has 3 aliphatic rings. The van der Waals surface area contributed by atoms with Crippen molar-refractivity contribution in [1.29, 1.82) is 0 Å². The van der Waals surface area contributed by atoms with Gasteiger partial charge in [-0.05, 0) is 102 Å². The van der Waals surface area contributed by atoms with Crippen molar-refractivity contribution in [3.05, 3.63) is 300 Å². The fourth-order valence-corrected chi connectivity index (χ4v) is 18.4. The van der Waals surface area contributed by atoms with Gasteiger partial charge in [0.05, 0.1) is 27.8 Å². The zero-order valence-corrected chi connectivity index (χ0v) is 40.0. The van der Waals surface area contributed by atoms with Gasteiger partial charge in [0, 0.05) is 44.6 Å². The van der Waals surface area contributed by atoms with E-state index >= 15 is 0 Å². The second-order valence-corrected chi connectivity index (χ2v) is 23.2. The lowest BCUT2D eigenvalue weighted by atomic mass is 9.60. The Morgan fingerprint density at radius 2 is 0.718 bits per heavy atom. The van der Waals surface area contributed by atoms with Crippen LogP contribution in [0.3, 0.4) is 0 Å². The molecule has 2 nitrogen and oxygen atoms in total. The van der Waals surface area contributed by atoms with Crippen molar-refractivity contribution in [2.45, 2.75) is 11.8 Å². The average Bonchev–Trinajstić information content (AvgIpc) is 3.97. The Morgan fingerprint density at radius 1 is 0.282 bits per heavy atom. The highest BCUT2D eigenvalue weighted by Gasteiger charge is 2.49. The van der Waals surface area contributed by atoms with Crippen LogP contribution >= 0.6 is 0 Å². The van der Waals surface area contributed by atoms with E-state index in [1.165, 1.54) is 115 Å². The van der Waals surface area contributed by atoms with Gasteiger partial charge in [-0.3, -0.25) is 0 Å². The molecule has 3 heteroatoms. The zero-order chi connectivity index (χ0) is 46.6. The maximum Gasteiger partial charge on any atom is 0.179 e. The minimum absolute atomic E-state index is 0.0107. The summed E-state index contributed by atoms with van der Waals surface area (Å²) < 4.78 is 4.96. The molecule has 0 radical (unpaired) electrons. The summed E-state index contributed by atoms with van der Waals surface area (Å²) in [7, 11) is -2.93. The smallest absolute Gasteiger partial charge is 0.179 e. The van der Waals surface area contributed by atoms with Gasteiger partial charge in [-0.15, -0.1) is 0 Å². The molecule has 16 rings (SSSR count). The second-order valence-electron chi connectivity index (χ2n) is 19.4. The van der Waals surface area contributed by atoms with Crippen LogP contribution in [-0.2, 0) is 0 Å². The third-order valence-electron chi connectivity index (χ3n) is 16.1. The van der Waals surface area contributed by atoms with Crippen LogP contribution in [0.15, 0.2) is 267 Å². The van der Waals surface area contributed by atoms with Gasteiger partial charge in [-0.1, -0.05) is 224 Å². The molecule has 0 amide bonds. The predicted molar refractivity (Wildman–Crippen MR) is 299 cm³/mol. The van der Waals surface area contributed by atoms with E-state index in [2.05, 4.69) is 276 Å². The minimum atomic E-state index is -2.93. The Hall–Kier alpha value is -8.76. The van der Waals surface area contributed by atoms with Crippen LogP contribution < -0.4 is 20.7 Å². The highest BCUT2D eigenvalue weighted by Crippen LogP contribution is 2.58. The molecule has 2 heterocycles. The lowest BCUT2D eigenvalue weighted by Crippen LogP contribution is -2.75. The van der Waals surface area contributed by atoms with E-state index in [9.17, 15) is 0 Å². The lowest BCUT2D eigenvalue weighted by Gasteiger charge is -2.47. The number of aromatic nitrogens is 2. The number of nitrogens with zero attached hydrogens (tertiary/aromatic N) is 2. The number of hydrogen-bond donors (Lipinski definition) is 0. The first-order valence-electron chi connectivity index (χ1n) is 24.9. The number of hydrogen-bond acceptors (Lipinski definition) is 0. The molecule has 0 fully saturated rings. The summed E-state index contributed by atoms with van der Waals surface area (Å²) in [6, 6.07) is 101. The summed E-state index contributed by atoms with van der Waals surface area (Å²) in [5.74, 6) is 0.103. The van der Waals surface area contributed by atoms with E-state index in [0.29, 0.717) is 0 Å². The number of benzene rings is 11. The predicted octanol–water partition coefficient (Wildman–Crippen LogP) is 13.9. The first kappa shape index (κ1) is 40.2. The van der Waals surface area contributed by atoms with Gasteiger partial charge in [0.25, 0.3) is 0 Å². The fraction of sp³-hybridized carbons (Fsp3) is 0.0294. The summed E-state index contributed by atoms with van der Waals surface area (Å²) in [4.78, 5) is 0. The maximum atomic E-state index is 2.53. The van der Waals surface area contributed by atoms with Crippen molar-refractivity contribution in [2.75, 3.05) is 0 Å². The number of para-hydroxylation sites is 4. The third kappa shape index (κ3) is 5.64. The third-order valence-corrected chi connectivity index (χ3v) is 20.9. The number of rotatable bonds is 7. The molecule has 2 aromatic heterocycles. The Bertz CT molecular complexity index is 4090. The fourth-order valence-electron chi connectivity index (χ4n) is 13.4. The van der Waals surface area contributed by atoms with Gasteiger partial charge in [0.15, 0.2) is 8.07 Å². The van der Waals surface area contributed by atoms with Gasteiger partial charge in [0.2, 0.25) is 0 Å². The second kappa shape index (κ2) is 15.6. The molecule has 2 atom stereocenters. The quantitative estimate of drug-likeness (QED) is 0.111. The normalized spacial score (nSPS) is 14.8. The Balaban J connectivity index is 0.982. The van der Waals surface area contributed by atoms with Gasteiger partial charge in [0.1, 0.15) is 0 Å². The minimum Gasteiger partial charge on any atom is -0.309 e. The van der Waals surface area contributed by atoms with Gasteiger partial charge in [-0.2, -0.15) is 0 Å². The van der Waals surface area contributed by atoms with E-state index in [4.69, 9.17) is 0 Å². The molecule has 2 unspecified atom stereocenters. The van der Waals surface area contributed by atoms with Gasteiger partial charge >= 0.3 is 0 Å². The van der Waals surface area contributed by atoms with Crippen LogP contribution in [-0.4, -0.2) is 17.2 Å². The van der Waals surface area contributed by atoms with Gasteiger partial charge in [-0.25, -0.2) is 0 Å². The topological polar surface area (TPSA) is 9.86 Å². The monoisotopic (exact) mass is 918 g/mol. The van der Waals surface area contributed by atoms with E-state index in [0.717, 1.165) is 5.69 Å². The van der Waals surface area contributed by atoms with Crippen molar-refractivity contribution < 1.29 is 0 Å². The Morgan fingerprint density at radius 3 is 1.34 bits per heavy atom. The van der Waals surface area contributed by atoms with Crippen LogP contribution in [0.1, 0.15) is 45.2 Å². The molecular formula is C68H46N2Si. The largest absolute Gasteiger partial charge is 0.309 e. The lowest BCUT2D eigenvalue weighted by molar-refractivity contribution is 0.760.